The zero-order valence-corrected chi connectivity index (χ0v) is 14.6. The van der Waals surface area contributed by atoms with E-state index in [1.807, 2.05) is 6.92 Å². The van der Waals surface area contributed by atoms with Crippen LogP contribution in [0.1, 0.15) is 56.7 Å². The summed E-state index contributed by atoms with van der Waals surface area (Å²) in [4.78, 5) is 21.3. The summed E-state index contributed by atoms with van der Waals surface area (Å²) in [5.41, 5.74) is 0. The topological polar surface area (TPSA) is 74.5 Å². The van der Waals surface area contributed by atoms with Crippen molar-refractivity contribution < 1.29 is 9.32 Å². The Morgan fingerprint density at radius 1 is 1.38 bits per heavy atom. The number of nitrogens with one attached hydrogen (secondary N) is 1. The van der Waals surface area contributed by atoms with E-state index in [1.165, 1.54) is 12.8 Å². The van der Waals surface area contributed by atoms with Crippen molar-refractivity contribution >= 4 is 5.91 Å². The van der Waals surface area contributed by atoms with Crippen molar-refractivity contribution in [3.05, 3.63) is 11.7 Å². The number of carbonyl (C=O) groups is 1. The maximum absolute atomic E-state index is 12.2. The third-order valence-corrected chi connectivity index (χ3v) is 5.47. The Labute approximate surface area is 142 Å². The second-order valence-electron chi connectivity index (χ2n) is 7.63. The Morgan fingerprint density at radius 2 is 2.17 bits per heavy atom. The van der Waals surface area contributed by atoms with Crippen LogP contribution in [0.5, 0.6) is 0 Å². The van der Waals surface area contributed by atoms with E-state index in [-0.39, 0.29) is 11.9 Å². The molecule has 0 spiro atoms. The van der Waals surface area contributed by atoms with E-state index in [0.717, 1.165) is 44.1 Å². The van der Waals surface area contributed by atoms with Gasteiger partial charge in [0.05, 0.1) is 12.6 Å². The zero-order chi connectivity index (χ0) is 16.7. The standard InChI is InChI=1S/C17H27N5O2/c1-11(16(23)18-13-5-6-13)22-8-7-14(9-22)21(2)10-15-19-17(24-20-15)12-3-4-12/h11-14H,3-10H2,1-2H3,(H,18,23)/t11-,14+/m0/s1. The van der Waals surface area contributed by atoms with Gasteiger partial charge in [0.2, 0.25) is 11.8 Å². The molecular weight excluding hydrogens is 306 g/mol. The van der Waals surface area contributed by atoms with Crippen molar-refractivity contribution in [2.24, 2.45) is 0 Å². The van der Waals surface area contributed by atoms with Crippen LogP contribution in [0.2, 0.25) is 0 Å². The summed E-state index contributed by atoms with van der Waals surface area (Å²) in [6, 6.07) is 0.819. The van der Waals surface area contributed by atoms with E-state index in [0.29, 0.717) is 24.5 Å². The number of hydrogen-bond acceptors (Lipinski definition) is 6. The molecule has 7 heteroatoms. The van der Waals surface area contributed by atoms with Crippen LogP contribution in [0.4, 0.5) is 0 Å². The predicted octanol–water partition coefficient (Wildman–Crippen LogP) is 1.12. The summed E-state index contributed by atoms with van der Waals surface area (Å²) in [5, 5.41) is 7.21. The Kier molecular flexibility index (Phi) is 4.30. The van der Waals surface area contributed by atoms with Crippen molar-refractivity contribution in [3.63, 3.8) is 0 Å². The number of aromatic nitrogens is 2. The van der Waals surface area contributed by atoms with Gasteiger partial charge in [-0.15, -0.1) is 0 Å². The molecule has 7 nitrogen and oxygen atoms in total. The van der Waals surface area contributed by atoms with Gasteiger partial charge >= 0.3 is 0 Å². The van der Waals surface area contributed by atoms with E-state index in [2.05, 4.69) is 32.3 Å². The lowest BCUT2D eigenvalue weighted by atomic mass is 10.2. The number of likely N-dealkylation sites (N-methyl/N-ethyl adjacent to an activating group) is 1. The quantitative estimate of drug-likeness (QED) is 0.806. The third kappa shape index (κ3) is 3.62. The summed E-state index contributed by atoms with van der Waals surface area (Å²) in [6.07, 6.45) is 5.70. The first-order valence-electron chi connectivity index (χ1n) is 9.17. The highest BCUT2D eigenvalue weighted by molar-refractivity contribution is 5.81. The van der Waals surface area contributed by atoms with Gasteiger partial charge < -0.3 is 9.84 Å². The molecule has 3 aliphatic rings. The van der Waals surface area contributed by atoms with Crippen LogP contribution < -0.4 is 5.32 Å². The van der Waals surface area contributed by atoms with Crippen LogP contribution in [-0.2, 0) is 11.3 Å². The number of nitrogens with zero attached hydrogens (tertiary/aromatic N) is 4. The Balaban J connectivity index is 1.27. The summed E-state index contributed by atoms with van der Waals surface area (Å²) in [6.45, 7) is 4.61. The Hall–Kier alpha value is -1.47. The first kappa shape index (κ1) is 16.0. The maximum atomic E-state index is 12.2. The molecule has 132 valence electrons. The van der Waals surface area contributed by atoms with Gasteiger partial charge in [-0.1, -0.05) is 5.16 Å². The van der Waals surface area contributed by atoms with Crippen LogP contribution in [-0.4, -0.2) is 64.1 Å². The van der Waals surface area contributed by atoms with E-state index >= 15 is 0 Å². The minimum Gasteiger partial charge on any atom is -0.352 e. The molecule has 2 heterocycles. The second kappa shape index (κ2) is 6.44. The fourth-order valence-corrected chi connectivity index (χ4v) is 3.37. The number of hydrogen-bond donors (Lipinski definition) is 1. The highest BCUT2D eigenvalue weighted by Crippen LogP contribution is 2.38. The summed E-state index contributed by atoms with van der Waals surface area (Å²) in [5.74, 6) is 2.26. The van der Waals surface area contributed by atoms with Crippen molar-refractivity contribution in [3.8, 4) is 0 Å². The van der Waals surface area contributed by atoms with E-state index < -0.39 is 0 Å². The lowest BCUT2D eigenvalue weighted by Gasteiger charge is -2.26. The summed E-state index contributed by atoms with van der Waals surface area (Å²) in [7, 11) is 2.11. The molecule has 1 N–H and O–H groups in total. The smallest absolute Gasteiger partial charge is 0.237 e. The number of carbonyl (C=O) groups excluding carboxylic acids is 1. The molecule has 1 amide bonds. The molecule has 1 aromatic heterocycles. The lowest BCUT2D eigenvalue weighted by molar-refractivity contribution is -0.125. The first-order valence-corrected chi connectivity index (χ1v) is 9.17. The monoisotopic (exact) mass is 333 g/mol. The summed E-state index contributed by atoms with van der Waals surface area (Å²) >= 11 is 0. The van der Waals surface area contributed by atoms with Gasteiger partial charge in [0.15, 0.2) is 5.82 Å². The highest BCUT2D eigenvalue weighted by atomic mass is 16.5. The van der Waals surface area contributed by atoms with E-state index in [9.17, 15) is 4.79 Å². The predicted molar refractivity (Wildman–Crippen MR) is 88.3 cm³/mol. The molecule has 3 fully saturated rings. The first-order chi connectivity index (χ1) is 11.6. The number of likely N-dealkylation sites (tertiary alicyclic amines) is 1. The molecule has 24 heavy (non-hydrogen) atoms. The fourth-order valence-electron chi connectivity index (χ4n) is 3.37. The van der Waals surface area contributed by atoms with Gasteiger partial charge in [0.1, 0.15) is 0 Å². The van der Waals surface area contributed by atoms with Crippen molar-refractivity contribution in [1.29, 1.82) is 0 Å². The third-order valence-electron chi connectivity index (χ3n) is 5.47. The van der Waals surface area contributed by atoms with E-state index in [1.54, 1.807) is 0 Å². The highest BCUT2D eigenvalue weighted by Gasteiger charge is 2.34. The molecule has 0 aromatic carbocycles. The van der Waals surface area contributed by atoms with Crippen LogP contribution in [0, 0.1) is 0 Å². The number of rotatable bonds is 7. The SMILES string of the molecule is C[C@@H](C(=O)NC1CC1)N1CC[C@@H](N(C)Cc2noc(C3CC3)n2)C1. The average molecular weight is 333 g/mol. The van der Waals surface area contributed by atoms with Crippen LogP contribution in [0.25, 0.3) is 0 Å². The second-order valence-corrected chi connectivity index (χ2v) is 7.63. The minimum absolute atomic E-state index is 0.0457. The number of amides is 1. The molecule has 0 radical (unpaired) electrons. The van der Waals surface area contributed by atoms with Gasteiger partial charge in [0, 0.05) is 31.1 Å². The minimum atomic E-state index is -0.0457. The van der Waals surface area contributed by atoms with Crippen LogP contribution in [0.3, 0.4) is 0 Å². The molecule has 1 aliphatic heterocycles. The average Bonchev–Trinajstić information content (AvgIpc) is 3.48. The largest absolute Gasteiger partial charge is 0.352 e. The van der Waals surface area contributed by atoms with Crippen molar-refractivity contribution in [2.75, 3.05) is 20.1 Å². The van der Waals surface area contributed by atoms with Crippen LogP contribution in [0.15, 0.2) is 4.52 Å². The zero-order valence-electron chi connectivity index (χ0n) is 14.6. The van der Waals surface area contributed by atoms with Gasteiger partial charge in [-0.3, -0.25) is 14.6 Å². The van der Waals surface area contributed by atoms with Gasteiger partial charge in [-0.05, 0) is 46.1 Å². The fraction of sp³-hybridized carbons (Fsp3) is 0.824. The van der Waals surface area contributed by atoms with Crippen molar-refractivity contribution in [2.45, 2.75) is 69.6 Å². The molecular formula is C17H27N5O2. The Morgan fingerprint density at radius 3 is 2.88 bits per heavy atom. The molecule has 1 aromatic rings. The van der Waals surface area contributed by atoms with Gasteiger partial charge in [0.25, 0.3) is 0 Å². The lowest BCUT2D eigenvalue weighted by Crippen LogP contribution is -2.46. The normalized spacial score (nSPS) is 26.0. The van der Waals surface area contributed by atoms with Gasteiger partial charge in [-0.25, -0.2) is 0 Å². The molecule has 0 bridgehead atoms. The molecule has 1 saturated heterocycles. The molecule has 2 aliphatic carbocycles. The Bertz CT molecular complexity index is 596. The molecule has 2 saturated carbocycles. The van der Waals surface area contributed by atoms with Gasteiger partial charge in [-0.2, -0.15) is 4.98 Å². The molecule has 4 rings (SSSR count). The summed E-state index contributed by atoms with van der Waals surface area (Å²) < 4.78 is 5.33. The maximum Gasteiger partial charge on any atom is 0.237 e. The van der Waals surface area contributed by atoms with Crippen LogP contribution >= 0.6 is 0 Å². The molecule has 0 unspecified atom stereocenters. The molecule has 2 atom stereocenters. The van der Waals surface area contributed by atoms with E-state index in [4.69, 9.17) is 4.52 Å². The van der Waals surface area contributed by atoms with Crippen molar-refractivity contribution in [1.82, 2.24) is 25.3 Å².